The topological polar surface area (TPSA) is 77.5 Å². The Bertz CT molecular complexity index is 1080. The van der Waals surface area contributed by atoms with Crippen molar-refractivity contribution in [1.29, 1.82) is 0 Å². The van der Waals surface area contributed by atoms with E-state index in [0.29, 0.717) is 5.84 Å². The number of rotatable bonds is 7. The minimum Gasteiger partial charge on any atom is -0.383 e. The molecule has 0 radical (unpaired) electrons. The molecule has 29 heavy (non-hydrogen) atoms. The quantitative estimate of drug-likeness (QED) is 0.334. The smallest absolute Gasteiger partial charge is 0.131 e. The van der Waals surface area contributed by atoms with E-state index in [4.69, 9.17) is 10.6 Å². The standard InChI is InChI=1S/C23H29N5O/c1-6-8-16(7-2)17-9-10-20(21(13-17)27-29-5)25-23(24)18-11-15(3)22-19(12-18)14-28(4)26-22/h7,9-14,27H,6,8H2,1-5H3,(H2,24,25)/b16-7+. The minimum absolute atomic E-state index is 0.450. The Morgan fingerprint density at radius 1 is 1.28 bits per heavy atom. The second kappa shape index (κ2) is 8.92. The molecular weight excluding hydrogens is 362 g/mol. The fourth-order valence-corrected chi connectivity index (χ4v) is 3.52. The van der Waals surface area contributed by atoms with Gasteiger partial charge in [0.25, 0.3) is 0 Å². The Kier molecular flexibility index (Phi) is 6.34. The van der Waals surface area contributed by atoms with Gasteiger partial charge in [-0.25, -0.2) is 4.99 Å². The molecule has 0 unspecified atom stereocenters. The summed E-state index contributed by atoms with van der Waals surface area (Å²) in [6.45, 7) is 6.28. The van der Waals surface area contributed by atoms with Crippen LogP contribution in [0.4, 0.5) is 11.4 Å². The first-order chi connectivity index (χ1) is 14.0. The molecule has 0 aliphatic carbocycles. The molecule has 3 rings (SSSR count). The lowest BCUT2D eigenvalue weighted by molar-refractivity contribution is 0.271. The van der Waals surface area contributed by atoms with Crippen molar-refractivity contribution in [3.63, 3.8) is 0 Å². The van der Waals surface area contributed by atoms with Gasteiger partial charge in [0.05, 0.1) is 24.0 Å². The molecule has 152 valence electrons. The number of allylic oxidation sites excluding steroid dienone is 2. The Morgan fingerprint density at radius 3 is 2.76 bits per heavy atom. The second-order valence-corrected chi connectivity index (χ2v) is 7.13. The van der Waals surface area contributed by atoms with E-state index in [0.717, 1.165) is 51.8 Å². The van der Waals surface area contributed by atoms with Crippen LogP contribution in [0.5, 0.6) is 0 Å². The van der Waals surface area contributed by atoms with Gasteiger partial charge in [-0.2, -0.15) is 5.10 Å². The van der Waals surface area contributed by atoms with E-state index >= 15 is 0 Å². The Hall–Kier alpha value is -3.12. The van der Waals surface area contributed by atoms with Crippen LogP contribution < -0.4 is 11.2 Å². The maximum atomic E-state index is 6.37. The van der Waals surface area contributed by atoms with Gasteiger partial charge in [-0.3, -0.25) is 15.0 Å². The molecule has 6 heteroatoms. The predicted molar refractivity (Wildman–Crippen MR) is 121 cm³/mol. The molecular formula is C23H29N5O. The van der Waals surface area contributed by atoms with E-state index < -0.39 is 0 Å². The van der Waals surface area contributed by atoms with Gasteiger partial charge in [0.1, 0.15) is 5.84 Å². The van der Waals surface area contributed by atoms with Crippen molar-refractivity contribution in [2.24, 2.45) is 17.8 Å². The van der Waals surface area contributed by atoms with Crippen molar-refractivity contribution in [1.82, 2.24) is 9.78 Å². The van der Waals surface area contributed by atoms with Crippen molar-refractivity contribution < 1.29 is 4.84 Å². The number of fused-ring (bicyclic) bond motifs is 1. The number of aromatic nitrogens is 2. The molecule has 1 aromatic heterocycles. The highest BCUT2D eigenvalue weighted by Gasteiger charge is 2.10. The minimum atomic E-state index is 0.450. The summed E-state index contributed by atoms with van der Waals surface area (Å²) in [5.74, 6) is 0.450. The van der Waals surface area contributed by atoms with Crippen LogP contribution in [0.1, 0.15) is 43.4 Å². The average molecular weight is 392 g/mol. The summed E-state index contributed by atoms with van der Waals surface area (Å²) in [5, 5.41) is 5.53. The van der Waals surface area contributed by atoms with Crippen molar-refractivity contribution in [2.75, 3.05) is 12.6 Å². The summed E-state index contributed by atoms with van der Waals surface area (Å²) >= 11 is 0. The summed E-state index contributed by atoms with van der Waals surface area (Å²) in [6, 6.07) is 10.1. The van der Waals surface area contributed by atoms with Crippen LogP contribution in [0.25, 0.3) is 16.5 Å². The number of benzene rings is 2. The summed E-state index contributed by atoms with van der Waals surface area (Å²) in [6.07, 6.45) is 6.25. The maximum Gasteiger partial charge on any atom is 0.131 e. The lowest BCUT2D eigenvalue weighted by Crippen LogP contribution is -2.13. The van der Waals surface area contributed by atoms with Crippen molar-refractivity contribution >= 4 is 33.7 Å². The van der Waals surface area contributed by atoms with Gasteiger partial charge in [0, 0.05) is 24.2 Å². The zero-order valence-corrected chi connectivity index (χ0v) is 17.8. The molecule has 0 amide bonds. The van der Waals surface area contributed by atoms with E-state index in [9.17, 15) is 0 Å². The molecule has 3 N–H and O–H groups in total. The van der Waals surface area contributed by atoms with Crippen LogP contribution in [0, 0.1) is 6.92 Å². The first kappa shape index (κ1) is 20.6. The van der Waals surface area contributed by atoms with Gasteiger partial charge < -0.3 is 5.73 Å². The van der Waals surface area contributed by atoms with E-state index in [-0.39, 0.29) is 0 Å². The number of aryl methyl sites for hydroxylation is 2. The monoisotopic (exact) mass is 391 g/mol. The van der Waals surface area contributed by atoms with Crippen LogP contribution in [-0.2, 0) is 11.9 Å². The number of anilines is 1. The van der Waals surface area contributed by atoms with Gasteiger partial charge in [-0.1, -0.05) is 25.5 Å². The highest BCUT2D eigenvalue weighted by atomic mass is 16.6. The summed E-state index contributed by atoms with van der Waals surface area (Å²) in [5.41, 5.74) is 16.2. The molecule has 0 saturated carbocycles. The van der Waals surface area contributed by atoms with Crippen LogP contribution in [-0.4, -0.2) is 22.7 Å². The van der Waals surface area contributed by atoms with Crippen LogP contribution in [0.3, 0.4) is 0 Å². The lowest BCUT2D eigenvalue weighted by atomic mass is 10.00. The molecule has 0 spiro atoms. The largest absolute Gasteiger partial charge is 0.383 e. The van der Waals surface area contributed by atoms with Crippen LogP contribution in [0.15, 0.2) is 47.6 Å². The molecule has 0 bridgehead atoms. The van der Waals surface area contributed by atoms with E-state index in [2.05, 4.69) is 47.6 Å². The molecule has 1 heterocycles. The number of aliphatic imine (C=N–C) groups is 1. The fraction of sp³-hybridized carbons (Fsp3) is 0.304. The van der Waals surface area contributed by atoms with Gasteiger partial charge in [0.15, 0.2) is 0 Å². The Morgan fingerprint density at radius 2 is 2.07 bits per heavy atom. The third-order valence-electron chi connectivity index (χ3n) is 4.90. The second-order valence-electron chi connectivity index (χ2n) is 7.13. The molecule has 0 saturated heterocycles. The fourth-order valence-electron chi connectivity index (χ4n) is 3.52. The third-order valence-corrected chi connectivity index (χ3v) is 4.90. The van der Waals surface area contributed by atoms with Crippen molar-refractivity contribution in [3.8, 4) is 0 Å². The Labute approximate surface area is 172 Å². The van der Waals surface area contributed by atoms with Gasteiger partial charge in [-0.15, -0.1) is 0 Å². The maximum absolute atomic E-state index is 6.37. The number of nitrogens with two attached hydrogens (primary N) is 1. The number of amidine groups is 1. The normalized spacial score (nSPS) is 12.6. The van der Waals surface area contributed by atoms with Crippen LogP contribution in [0.2, 0.25) is 0 Å². The summed E-state index contributed by atoms with van der Waals surface area (Å²) < 4.78 is 1.81. The molecule has 0 aliphatic heterocycles. The van der Waals surface area contributed by atoms with Crippen LogP contribution >= 0.6 is 0 Å². The molecule has 0 atom stereocenters. The SMILES string of the molecule is C/C=C(\CCC)c1ccc(N=C(N)c2cc(C)c3nn(C)cc3c2)c(NOC)c1. The average Bonchev–Trinajstić information content (AvgIpc) is 3.08. The Balaban J connectivity index is 2.02. The zero-order valence-electron chi connectivity index (χ0n) is 17.8. The number of nitrogens with zero attached hydrogens (tertiary/aromatic N) is 3. The first-order valence-electron chi connectivity index (χ1n) is 9.84. The van der Waals surface area contributed by atoms with Crippen molar-refractivity contribution in [3.05, 3.63) is 59.3 Å². The lowest BCUT2D eigenvalue weighted by Gasteiger charge is -2.12. The van der Waals surface area contributed by atoms with E-state index in [1.807, 2.05) is 43.0 Å². The predicted octanol–water partition coefficient (Wildman–Crippen LogP) is 5.10. The van der Waals surface area contributed by atoms with Gasteiger partial charge in [-0.05, 0) is 61.2 Å². The van der Waals surface area contributed by atoms with Crippen molar-refractivity contribution in [2.45, 2.75) is 33.6 Å². The number of hydrogen-bond acceptors (Lipinski definition) is 4. The third kappa shape index (κ3) is 4.49. The molecule has 0 aliphatic rings. The number of nitrogens with one attached hydrogen (secondary N) is 1. The highest BCUT2D eigenvalue weighted by molar-refractivity contribution is 6.03. The van der Waals surface area contributed by atoms with E-state index in [1.165, 1.54) is 5.57 Å². The summed E-state index contributed by atoms with van der Waals surface area (Å²) in [7, 11) is 3.50. The zero-order chi connectivity index (χ0) is 21.0. The highest BCUT2D eigenvalue weighted by Crippen LogP contribution is 2.31. The number of hydrogen-bond donors (Lipinski definition) is 2. The molecule has 0 fully saturated rings. The van der Waals surface area contributed by atoms with Gasteiger partial charge >= 0.3 is 0 Å². The first-order valence-corrected chi connectivity index (χ1v) is 9.84. The van der Waals surface area contributed by atoms with Gasteiger partial charge in [0.2, 0.25) is 0 Å². The molecule has 6 nitrogen and oxygen atoms in total. The molecule has 3 aromatic rings. The molecule has 2 aromatic carbocycles. The summed E-state index contributed by atoms with van der Waals surface area (Å²) in [4.78, 5) is 9.85. The van der Waals surface area contributed by atoms with E-state index in [1.54, 1.807) is 7.11 Å².